The van der Waals surface area contributed by atoms with E-state index in [2.05, 4.69) is 26.3 Å². The van der Waals surface area contributed by atoms with E-state index in [1.807, 2.05) is 54.8 Å². The Balaban J connectivity index is 2.02. The van der Waals surface area contributed by atoms with Crippen LogP contribution in [0.2, 0.25) is 0 Å². The fourth-order valence-electron chi connectivity index (χ4n) is 2.79. The number of hydrazone groups is 1. The van der Waals surface area contributed by atoms with Crippen LogP contribution >= 0.6 is 27.7 Å². The fraction of sp³-hybridized carbons (Fsp3) is 0.118. The zero-order valence-corrected chi connectivity index (χ0v) is 15.1. The van der Waals surface area contributed by atoms with Gasteiger partial charge in [0.25, 0.3) is 5.91 Å². The van der Waals surface area contributed by atoms with Crippen LogP contribution < -0.4 is 15.9 Å². The van der Waals surface area contributed by atoms with E-state index >= 15 is 0 Å². The average molecular weight is 401 g/mol. The van der Waals surface area contributed by atoms with Crippen LogP contribution in [-0.4, -0.2) is 22.3 Å². The Morgan fingerprint density at radius 3 is 2.75 bits per heavy atom. The molecule has 0 bridgehead atoms. The molecule has 1 atom stereocenters. The van der Waals surface area contributed by atoms with Gasteiger partial charge in [0.05, 0.1) is 5.36 Å². The topological polar surface area (TPSA) is 57.1 Å². The maximum absolute atomic E-state index is 12.7. The molecule has 5 nitrogen and oxygen atoms in total. The molecule has 2 aliphatic rings. The summed E-state index contributed by atoms with van der Waals surface area (Å²) in [6.45, 7) is 0. The molecule has 0 radical (unpaired) electrons. The van der Waals surface area contributed by atoms with Crippen molar-refractivity contribution in [3.05, 3.63) is 69.1 Å². The van der Waals surface area contributed by atoms with Crippen LogP contribution in [0.5, 0.6) is 0 Å². The van der Waals surface area contributed by atoms with Crippen LogP contribution in [0.3, 0.4) is 0 Å². The van der Waals surface area contributed by atoms with Gasteiger partial charge in [0, 0.05) is 9.69 Å². The van der Waals surface area contributed by atoms with Crippen molar-refractivity contribution >= 4 is 44.5 Å². The second kappa shape index (κ2) is 6.07. The van der Waals surface area contributed by atoms with Crippen LogP contribution in [0, 0.1) is 0 Å². The Hall–Kier alpha value is -2.12. The smallest absolute Gasteiger partial charge is 0.276 e. The van der Waals surface area contributed by atoms with E-state index < -0.39 is 0 Å². The van der Waals surface area contributed by atoms with Crippen molar-refractivity contribution in [3.63, 3.8) is 0 Å². The minimum atomic E-state index is -0.358. The van der Waals surface area contributed by atoms with Crippen LogP contribution in [0.1, 0.15) is 11.7 Å². The molecule has 4 rings (SSSR count). The summed E-state index contributed by atoms with van der Waals surface area (Å²) in [4.78, 5) is 17.5. The number of nitrogens with one attached hydrogen (secondary N) is 1. The van der Waals surface area contributed by atoms with Crippen molar-refractivity contribution in [2.75, 3.05) is 6.26 Å². The Labute approximate surface area is 151 Å². The molecule has 2 aliphatic heterocycles. The number of benzene rings is 2. The zero-order chi connectivity index (χ0) is 16.7. The molecule has 7 heteroatoms. The first-order valence-corrected chi connectivity index (χ1v) is 9.35. The number of carbonyl (C=O) groups excluding carboxylic acids is 1. The van der Waals surface area contributed by atoms with E-state index in [0.717, 1.165) is 20.6 Å². The Bertz CT molecular complexity index is 974. The predicted octanol–water partition coefficient (Wildman–Crippen LogP) is 1.96. The van der Waals surface area contributed by atoms with Gasteiger partial charge in [0.2, 0.25) is 0 Å². The Kier molecular flexibility index (Phi) is 3.90. The molecule has 0 saturated heterocycles. The summed E-state index contributed by atoms with van der Waals surface area (Å²) in [5.74, 6) is -0.162. The summed E-state index contributed by atoms with van der Waals surface area (Å²) in [6.07, 6.45) is 1.52. The average Bonchev–Trinajstić information content (AvgIpc) is 2.61. The van der Waals surface area contributed by atoms with Crippen molar-refractivity contribution in [2.24, 2.45) is 10.1 Å². The van der Waals surface area contributed by atoms with Crippen molar-refractivity contribution in [2.45, 2.75) is 6.17 Å². The highest BCUT2D eigenvalue weighted by atomic mass is 79.9. The molecule has 0 aromatic heterocycles. The summed E-state index contributed by atoms with van der Waals surface area (Å²) >= 11 is 4.87. The van der Waals surface area contributed by atoms with Crippen molar-refractivity contribution in [1.29, 1.82) is 0 Å². The third kappa shape index (κ3) is 2.53. The second-order valence-electron chi connectivity index (χ2n) is 5.33. The predicted molar refractivity (Wildman–Crippen MR) is 98.4 cm³/mol. The van der Waals surface area contributed by atoms with Crippen molar-refractivity contribution < 1.29 is 4.79 Å². The quantitative estimate of drug-likeness (QED) is 0.795. The monoisotopic (exact) mass is 400 g/mol. The molecule has 0 saturated carbocycles. The maximum atomic E-state index is 12.7. The number of hydrogen-bond acceptors (Lipinski definition) is 5. The van der Waals surface area contributed by atoms with Gasteiger partial charge < -0.3 is 0 Å². The first-order valence-electron chi connectivity index (χ1n) is 7.33. The normalized spacial score (nSPS) is 19.0. The molecule has 2 heterocycles. The molecular formula is C17H13BrN4OS. The molecule has 2 aromatic rings. The molecule has 120 valence electrons. The summed E-state index contributed by atoms with van der Waals surface area (Å²) in [5.41, 5.74) is 1.51. The number of amides is 1. The third-order valence-corrected chi connectivity index (χ3v) is 4.92. The lowest BCUT2D eigenvalue weighted by molar-refractivity contribution is -0.116. The van der Waals surface area contributed by atoms with Gasteiger partial charge in [-0.25, -0.2) is 5.01 Å². The standard InChI is InChI=1S/C17H13BrN4OS/c1-24-17-20-16(23)14-12-9-11(18)7-8-13(12)19-15(22(14)21-17)10-5-3-2-4-6-10/h2-9,15H,1H3,(H,20,21,23)/t15-/m0/s1. The van der Waals surface area contributed by atoms with Crippen LogP contribution in [0.4, 0.5) is 0 Å². The lowest BCUT2D eigenvalue weighted by Gasteiger charge is -2.33. The molecule has 0 fully saturated rings. The van der Waals surface area contributed by atoms with Gasteiger partial charge in [0.15, 0.2) is 11.3 Å². The van der Waals surface area contributed by atoms with E-state index in [9.17, 15) is 4.79 Å². The van der Waals surface area contributed by atoms with Gasteiger partial charge in [0.1, 0.15) is 5.70 Å². The van der Waals surface area contributed by atoms with Gasteiger partial charge in [-0.1, -0.05) is 58.0 Å². The summed E-state index contributed by atoms with van der Waals surface area (Å²) in [7, 11) is 0. The maximum Gasteiger partial charge on any atom is 0.276 e. The lowest BCUT2D eigenvalue weighted by atomic mass is 10.1. The molecule has 0 unspecified atom stereocenters. The molecule has 2 aromatic carbocycles. The molecule has 24 heavy (non-hydrogen) atoms. The minimum Gasteiger partial charge on any atom is -0.298 e. The van der Waals surface area contributed by atoms with E-state index in [0.29, 0.717) is 10.9 Å². The van der Waals surface area contributed by atoms with Gasteiger partial charge in [-0.3, -0.25) is 15.1 Å². The number of halogens is 1. The van der Waals surface area contributed by atoms with Crippen LogP contribution in [0.25, 0.3) is 5.70 Å². The zero-order valence-electron chi connectivity index (χ0n) is 12.7. The number of amidine groups is 1. The number of carbonyl (C=O) groups is 1. The minimum absolute atomic E-state index is 0.162. The number of fused-ring (bicyclic) bond motifs is 2. The van der Waals surface area contributed by atoms with Gasteiger partial charge in [-0.05, 0) is 30.0 Å². The molecular weight excluding hydrogens is 388 g/mol. The largest absolute Gasteiger partial charge is 0.298 e. The molecule has 0 spiro atoms. The highest BCUT2D eigenvalue weighted by Gasteiger charge is 2.34. The summed E-state index contributed by atoms with van der Waals surface area (Å²) < 4.78 is 0.898. The fourth-order valence-corrected chi connectivity index (χ4v) is 3.51. The van der Waals surface area contributed by atoms with Gasteiger partial charge >= 0.3 is 0 Å². The molecule has 1 amide bonds. The first kappa shape index (κ1) is 15.4. The second-order valence-corrected chi connectivity index (χ2v) is 7.04. The van der Waals surface area contributed by atoms with Gasteiger partial charge in [-0.15, -0.1) is 5.10 Å². The SMILES string of the molecule is CSC1=NN2C(=c3cc(Br)ccc3=N[C@@H]2c2ccccc2)C(=O)N1. The van der Waals surface area contributed by atoms with Gasteiger partial charge in [-0.2, -0.15) is 0 Å². The van der Waals surface area contributed by atoms with Crippen LogP contribution in [0.15, 0.2) is 63.1 Å². The number of rotatable bonds is 1. The van der Waals surface area contributed by atoms with E-state index in [4.69, 9.17) is 4.99 Å². The van der Waals surface area contributed by atoms with E-state index in [1.165, 1.54) is 11.8 Å². The highest BCUT2D eigenvalue weighted by Crippen LogP contribution is 2.30. The molecule has 0 aliphatic carbocycles. The van der Waals surface area contributed by atoms with Crippen molar-refractivity contribution in [3.8, 4) is 0 Å². The molecule has 1 N–H and O–H groups in total. The number of hydrogen-bond donors (Lipinski definition) is 1. The van der Waals surface area contributed by atoms with Crippen LogP contribution in [-0.2, 0) is 4.79 Å². The first-order chi connectivity index (χ1) is 11.7. The number of thioether (sulfide) groups is 1. The summed E-state index contributed by atoms with van der Waals surface area (Å²) in [5, 5.41) is 11.3. The van der Waals surface area contributed by atoms with Crippen molar-refractivity contribution in [1.82, 2.24) is 10.3 Å². The van der Waals surface area contributed by atoms with E-state index in [1.54, 1.807) is 5.01 Å². The Morgan fingerprint density at radius 2 is 2.00 bits per heavy atom. The third-order valence-electron chi connectivity index (χ3n) is 3.86. The highest BCUT2D eigenvalue weighted by molar-refractivity contribution is 9.10. The lowest BCUT2D eigenvalue weighted by Crippen LogP contribution is -2.50. The van der Waals surface area contributed by atoms with E-state index in [-0.39, 0.29) is 12.1 Å². The Morgan fingerprint density at radius 1 is 1.21 bits per heavy atom. The summed E-state index contributed by atoms with van der Waals surface area (Å²) in [6, 6.07) is 15.6. The number of nitrogens with zero attached hydrogens (tertiary/aromatic N) is 3.